The number of fused-ring (bicyclic) bond motifs is 1. The third-order valence-corrected chi connectivity index (χ3v) is 5.56. The Kier molecular flexibility index (Phi) is 5.66. The average molecular weight is 411 g/mol. The predicted molar refractivity (Wildman–Crippen MR) is 109 cm³/mol. The van der Waals surface area contributed by atoms with E-state index in [1.807, 2.05) is 41.9 Å². The van der Waals surface area contributed by atoms with Crippen molar-refractivity contribution >= 4 is 17.7 Å². The predicted octanol–water partition coefficient (Wildman–Crippen LogP) is 2.40. The Morgan fingerprint density at radius 3 is 2.69 bits per heavy atom. The summed E-state index contributed by atoms with van der Waals surface area (Å²) >= 11 is 1.37. The van der Waals surface area contributed by atoms with Crippen molar-refractivity contribution in [1.29, 1.82) is 0 Å². The Bertz CT molecular complexity index is 1010. The van der Waals surface area contributed by atoms with Crippen LogP contribution in [-0.4, -0.2) is 56.6 Å². The molecule has 0 radical (unpaired) electrons. The summed E-state index contributed by atoms with van der Waals surface area (Å²) in [5.41, 5.74) is 1.93. The lowest BCUT2D eigenvalue weighted by Gasteiger charge is -2.21. The largest absolute Gasteiger partial charge is 0.486 e. The molecule has 8 nitrogen and oxygen atoms in total. The van der Waals surface area contributed by atoms with Crippen LogP contribution in [0.1, 0.15) is 5.56 Å². The topological polar surface area (TPSA) is 82.4 Å². The molecule has 9 heteroatoms. The number of nitrogens with zero attached hydrogens (tertiary/aromatic N) is 5. The van der Waals surface area contributed by atoms with Gasteiger partial charge >= 0.3 is 0 Å². The quantitative estimate of drug-likeness (QED) is 0.576. The molecule has 0 aliphatic carbocycles. The van der Waals surface area contributed by atoms with Crippen molar-refractivity contribution in [2.75, 3.05) is 26.0 Å². The lowest BCUT2D eigenvalue weighted by molar-refractivity contribution is -0.127. The molecule has 1 aliphatic rings. The second-order valence-corrected chi connectivity index (χ2v) is 7.56. The SMILES string of the molecule is CN(Cc1ccc2c(c1)OCCO2)C(=O)CSc1nnc(-c2ccncc2)n1C. The van der Waals surface area contributed by atoms with Crippen molar-refractivity contribution in [2.45, 2.75) is 11.7 Å². The highest BCUT2D eigenvalue weighted by molar-refractivity contribution is 7.99. The Morgan fingerprint density at radius 1 is 1.14 bits per heavy atom. The number of rotatable bonds is 6. The maximum absolute atomic E-state index is 12.6. The van der Waals surface area contributed by atoms with Crippen LogP contribution in [-0.2, 0) is 18.4 Å². The van der Waals surface area contributed by atoms with Crippen LogP contribution in [0.3, 0.4) is 0 Å². The van der Waals surface area contributed by atoms with Gasteiger partial charge in [-0.25, -0.2) is 0 Å². The summed E-state index contributed by atoms with van der Waals surface area (Å²) in [6, 6.07) is 9.52. The van der Waals surface area contributed by atoms with Gasteiger partial charge in [-0.1, -0.05) is 17.8 Å². The highest BCUT2D eigenvalue weighted by Gasteiger charge is 2.17. The first-order valence-corrected chi connectivity index (χ1v) is 10.2. The Balaban J connectivity index is 1.36. The number of amides is 1. The van der Waals surface area contributed by atoms with E-state index >= 15 is 0 Å². The molecule has 1 amide bonds. The van der Waals surface area contributed by atoms with Crippen LogP contribution in [0.2, 0.25) is 0 Å². The first-order chi connectivity index (χ1) is 14.1. The van der Waals surface area contributed by atoms with E-state index in [-0.39, 0.29) is 11.7 Å². The standard InChI is InChI=1S/C20H21N5O3S/c1-24(12-14-3-4-16-17(11-14)28-10-9-27-16)18(26)13-29-20-23-22-19(25(20)2)15-5-7-21-8-6-15/h3-8,11H,9-10,12-13H2,1-2H3. The van der Waals surface area contributed by atoms with Gasteiger partial charge in [-0.05, 0) is 29.8 Å². The van der Waals surface area contributed by atoms with E-state index in [9.17, 15) is 4.79 Å². The zero-order chi connectivity index (χ0) is 20.2. The van der Waals surface area contributed by atoms with Crippen LogP contribution >= 0.6 is 11.8 Å². The van der Waals surface area contributed by atoms with Crippen molar-refractivity contribution in [3.05, 3.63) is 48.3 Å². The molecule has 0 bridgehead atoms. The van der Waals surface area contributed by atoms with E-state index in [4.69, 9.17) is 9.47 Å². The maximum atomic E-state index is 12.6. The molecule has 0 saturated heterocycles. The van der Waals surface area contributed by atoms with Crippen LogP contribution in [0.5, 0.6) is 11.5 Å². The second kappa shape index (κ2) is 8.52. The molecule has 1 aliphatic heterocycles. The van der Waals surface area contributed by atoms with Gasteiger partial charge in [0.25, 0.3) is 0 Å². The van der Waals surface area contributed by atoms with E-state index in [1.54, 1.807) is 24.3 Å². The molecule has 1 aromatic carbocycles. The van der Waals surface area contributed by atoms with Gasteiger partial charge in [-0.3, -0.25) is 9.78 Å². The molecule has 0 saturated carbocycles. The first kappa shape index (κ1) is 19.3. The van der Waals surface area contributed by atoms with E-state index in [1.165, 1.54) is 11.8 Å². The van der Waals surface area contributed by atoms with Crippen molar-refractivity contribution in [1.82, 2.24) is 24.6 Å². The zero-order valence-electron chi connectivity index (χ0n) is 16.2. The van der Waals surface area contributed by atoms with Crippen molar-refractivity contribution in [3.63, 3.8) is 0 Å². The monoisotopic (exact) mass is 411 g/mol. The molecule has 0 fully saturated rings. The number of hydrogen-bond donors (Lipinski definition) is 0. The Morgan fingerprint density at radius 2 is 1.90 bits per heavy atom. The van der Waals surface area contributed by atoms with Gasteiger partial charge in [-0.15, -0.1) is 10.2 Å². The third kappa shape index (κ3) is 4.34. The third-order valence-electron chi connectivity index (χ3n) is 4.55. The number of thioether (sulfide) groups is 1. The fourth-order valence-electron chi connectivity index (χ4n) is 2.98. The number of benzene rings is 1. The van der Waals surface area contributed by atoms with Gasteiger partial charge in [0, 0.05) is 38.6 Å². The first-order valence-electron chi connectivity index (χ1n) is 9.17. The summed E-state index contributed by atoms with van der Waals surface area (Å²) in [4.78, 5) is 18.3. The lowest BCUT2D eigenvalue weighted by atomic mass is 10.2. The summed E-state index contributed by atoms with van der Waals surface area (Å²) in [5, 5.41) is 9.13. The van der Waals surface area contributed by atoms with E-state index < -0.39 is 0 Å². The van der Waals surface area contributed by atoms with Crippen LogP contribution in [0.15, 0.2) is 47.9 Å². The van der Waals surface area contributed by atoms with Gasteiger partial charge in [0.05, 0.1) is 5.75 Å². The van der Waals surface area contributed by atoms with Crippen molar-refractivity contribution < 1.29 is 14.3 Å². The summed E-state index contributed by atoms with van der Waals surface area (Å²) in [6.07, 6.45) is 3.43. The van der Waals surface area contributed by atoms with E-state index in [0.717, 1.165) is 28.5 Å². The maximum Gasteiger partial charge on any atom is 0.233 e. The average Bonchev–Trinajstić information content (AvgIpc) is 3.12. The molecule has 4 rings (SSSR count). The van der Waals surface area contributed by atoms with Gasteiger partial charge in [-0.2, -0.15) is 0 Å². The van der Waals surface area contributed by atoms with Crippen LogP contribution in [0, 0.1) is 0 Å². The Labute approximate surface area is 172 Å². The number of pyridine rings is 1. The number of carbonyl (C=O) groups is 1. The number of aromatic nitrogens is 4. The van der Waals surface area contributed by atoms with Gasteiger partial charge < -0.3 is 18.9 Å². The summed E-state index contributed by atoms with van der Waals surface area (Å²) in [6.45, 7) is 1.60. The van der Waals surface area contributed by atoms with E-state index in [0.29, 0.717) is 24.9 Å². The zero-order valence-corrected chi connectivity index (χ0v) is 17.1. The summed E-state index contributed by atoms with van der Waals surface area (Å²) in [5.74, 6) is 2.51. The minimum absolute atomic E-state index is 0.0124. The van der Waals surface area contributed by atoms with E-state index in [2.05, 4.69) is 15.2 Å². The highest BCUT2D eigenvalue weighted by Crippen LogP contribution is 2.31. The fourth-order valence-corrected chi connectivity index (χ4v) is 3.83. The van der Waals surface area contributed by atoms with Gasteiger partial charge in [0.1, 0.15) is 13.2 Å². The molecule has 3 heterocycles. The summed E-state index contributed by atoms with van der Waals surface area (Å²) in [7, 11) is 3.68. The molecule has 0 atom stereocenters. The van der Waals surface area contributed by atoms with Gasteiger partial charge in [0.15, 0.2) is 22.5 Å². The fraction of sp³-hybridized carbons (Fsp3) is 0.300. The van der Waals surface area contributed by atoms with Crippen LogP contribution < -0.4 is 9.47 Å². The lowest BCUT2D eigenvalue weighted by Crippen LogP contribution is -2.28. The van der Waals surface area contributed by atoms with Crippen LogP contribution in [0.4, 0.5) is 0 Å². The second-order valence-electron chi connectivity index (χ2n) is 6.62. The molecule has 0 spiro atoms. The molecule has 0 unspecified atom stereocenters. The Hall–Kier alpha value is -3.07. The van der Waals surface area contributed by atoms with Crippen LogP contribution in [0.25, 0.3) is 11.4 Å². The molecule has 29 heavy (non-hydrogen) atoms. The molecular weight excluding hydrogens is 390 g/mol. The normalized spacial score (nSPS) is 12.6. The molecule has 0 N–H and O–H groups in total. The van der Waals surface area contributed by atoms with Gasteiger partial charge in [0.2, 0.25) is 5.91 Å². The molecular formula is C20H21N5O3S. The number of carbonyl (C=O) groups excluding carboxylic acids is 1. The molecule has 3 aromatic rings. The highest BCUT2D eigenvalue weighted by atomic mass is 32.2. The summed E-state index contributed by atoms with van der Waals surface area (Å²) < 4.78 is 13.0. The molecule has 150 valence electrons. The van der Waals surface area contributed by atoms with Crippen molar-refractivity contribution in [3.8, 4) is 22.9 Å². The minimum atomic E-state index is 0.0124. The number of hydrogen-bond acceptors (Lipinski definition) is 7. The van der Waals surface area contributed by atoms with Crippen molar-refractivity contribution in [2.24, 2.45) is 7.05 Å². The minimum Gasteiger partial charge on any atom is -0.486 e. The smallest absolute Gasteiger partial charge is 0.233 e. The number of ether oxygens (including phenoxy) is 2. The molecule has 2 aromatic heterocycles.